The Hall–Kier alpha value is -1.18. The summed E-state index contributed by atoms with van der Waals surface area (Å²) in [7, 11) is 3.80. The van der Waals surface area contributed by atoms with Crippen LogP contribution in [-0.4, -0.2) is 19.3 Å². The maximum atomic E-state index is 5.60. The van der Waals surface area contributed by atoms with Crippen LogP contribution in [0.2, 0.25) is 0 Å². The zero-order valence-corrected chi connectivity index (χ0v) is 10.6. The van der Waals surface area contributed by atoms with Crippen molar-refractivity contribution in [2.45, 2.75) is 6.04 Å². The van der Waals surface area contributed by atoms with Gasteiger partial charge in [-0.15, -0.1) is 0 Å². The average Bonchev–Trinajstić information content (AvgIpc) is 2.80. The Balaban J connectivity index is 2.49. The molecule has 0 aliphatic heterocycles. The van der Waals surface area contributed by atoms with E-state index in [4.69, 9.17) is 5.84 Å². The van der Waals surface area contributed by atoms with Gasteiger partial charge in [-0.25, -0.2) is 10.4 Å². The molecule has 0 radical (unpaired) electrons. The smallest absolute Gasteiger partial charge is 0.133 e. The van der Waals surface area contributed by atoms with E-state index in [1.165, 1.54) is 0 Å². The fraction of sp³-hybridized carbons (Fsp3) is 0.333. The fourth-order valence-corrected chi connectivity index (χ4v) is 2.25. The third-order valence-corrected chi connectivity index (χ3v) is 3.11. The van der Waals surface area contributed by atoms with E-state index in [0.29, 0.717) is 0 Å². The number of aryl methyl sites for hydroxylation is 2. The molecule has 6 nitrogen and oxygen atoms in total. The summed E-state index contributed by atoms with van der Waals surface area (Å²) >= 11 is 3.45. The number of halogens is 1. The summed E-state index contributed by atoms with van der Waals surface area (Å²) in [5.41, 5.74) is 3.70. The van der Waals surface area contributed by atoms with Crippen LogP contribution < -0.4 is 11.3 Å². The van der Waals surface area contributed by atoms with Gasteiger partial charge in [0.05, 0.1) is 16.4 Å². The molecule has 0 fully saturated rings. The van der Waals surface area contributed by atoms with Gasteiger partial charge in [-0.05, 0) is 15.9 Å². The summed E-state index contributed by atoms with van der Waals surface area (Å²) in [6, 6.07) is -0.193. The Bertz CT molecular complexity index is 468. The van der Waals surface area contributed by atoms with Crippen molar-refractivity contribution in [2.75, 3.05) is 0 Å². The topological polar surface area (TPSA) is 73.7 Å². The first-order valence-electron chi connectivity index (χ1n) is 4.76. The third-order valence-electron chi connectivity index (χ3n) is 2.49. The number of nitrogens with two attached hydrogens (primary N) is 1. The predicted molar refractivity (Wildman–Crippen MR) is 63.3 cm³/mol. The van der Waals surface area contributed by atoms with Crippen LogP contribution in [0.25, 0.3) is 0 Å². The van der Waals surface area contributed by atoms with E-state index in [0.717, 1.165) is 16.0 Å². The molecule has 0 saturated heterocycles. The molecule has 1 atom stereocenters. The summed E-state index contributed by atoms with van der Waals surface area (Å²) in [4.78, 5) is 4.28. The van der Waals surface area contributed by atoms with E-state index in [2.05, 4.69) is 31.4 Å². The molecule has 2 aromatic rings. The molecule has 2 rings (SSSR count). The molecule has 0 bridgehead atoms. The van der Waals surface area contributed by atoms with Crippen molar-refractivity contribution in [3.05, 3.63) is 34.6 Å². The maximum absolute atomic E-state index is 5.60. The van der Waals surface area contributed by atoms with Gasteiger partial charge in [0.1, 0.15) is 11.9 Å². The highest BCUT2D eigenvalue weighted by molar-refractivity contribution is 9.10. The monoisotopic (exact) mass is 284 g/mol. The first-order chi connectivity index (χ1) is 7.65. The van der Waals surface area contributed by atoms with Gasteiger partial charge in [0.2, 0.25) is 0 Å². The lowest BCUT2D eigenvalue weighted by atomic mass is 10.2. The van der Waals surface area contributed by atoms with E-state index in [-0.39, 0.29) is 6.04 Å². The lowest BCUT2D eigenvalue weighted by Gasteiger charge is -2.16. The molecule has 0 saturated carbocycles. The molecular weight excluding hydrogens is 272 g/mol. The average molecular weight is 285 g/mol. The minimum absolute atomic E-state index is 0.193. The number of imidazole rings is 1. The molecule has 2 heterocycles. The number of hydrogen-bond acceptors (Lipinski definition) is 4. The molecule has 0 aromatic carbocycles. The molecule has 1 unspecified atom stereocenters. The summed E-state index contributed by atoms with van der Waals surface area (Å²) in [6.07, 6.45) is 5.36. The van der Waals surface area contributed by atoms with Gasteiger partial charge in [0.25, 0.3) is 0 Å². The minimum Gasteiger partial charge on any atom is -0.336 e. The highest BCUT2D eigenvalue weighted by Crippen LogP contribution is 2.26. The van der Waals surface area contributed by atoms with Crippen molar-refractivity contribution in [1.29, 1.82) is 0 Å². The van der Waals surface area contributed by atoms with E-state index in [1.807, 2.05) is 24.9 Å². The van der Waals surface area contributed by atoms with Gasteiger partial charge in [-0.2, -0.15) is 5.10 Å². The summed E-state index contributed by atoms with van der Waals surface area (Å²) in [5, 5.41) is 4.16. The molecule has 7 heteroatoms. The van der Waals surface area contributed by atoms with Crippen molar-refractivity contribution in [3.63, 3.8) is 0 Å². The highest BCUT2D eigenvalue weighted by Gasteiger charge is 2.22. The lowest BCUT2D eigenvalue weighted by molar-refractivity contribution is 0.534. The summed E-state index contributed by atoms with van der Waals surface area (Å²) in [6.45, 7) is 0. The van der Waals surface area contributed by atoms with Gasteiger partial charge < -0.3 is 4.57 Å². The number of aromatic nitrogens is 4. The predicted octanol–water partition coefficient (Wildman–Crippen LogP) is 0.469. The number of hydrazine groups is 1. The molecule has 0 spiro atoms. The largest absolute Gasteiger partial charge is 0.336 e. The Kier molecular flexibility index (Phi) is 3.08. The van der Waals surface area contributed by atoms with Crippen molar-refractivity contribution in [3.8, 4) is 0 Å². The van der Waals surface area contributed by atoms with Gasteiger partial charge >= 0.3 is 0 Å². The minimum atomic E-state index is -0.193. The van der Waals surface area contributed by atoms with E-state index < -0.39 is 0 Å². The molecular formula is C9H13BrN6. The normalized spacial score (nSPS) is 13.0. The van der Waals surface area contributed by atoms with Crippen LogP contribution in [0, 0.1) is 0 Å². The SMILES string of the molecule is Cn1ccnc1C(NN)c1c(Br)cnn1C. The Morgan fingerprint density at radius 3 is 2.69 bits per heavy atom. The maximum Gasteiger partial charge on any atom is 0.133 e. The van der Waals surface area contributed by atoms with Crippen molar-refractivity contribution < 1.29 is 0 Å². The van der Waals surface area contributed by atoms with E-state index >= 15 is 0 Å². The first kappa shape index (κ1) is 11.3. The number of nitrogens with one attached hydrogen (secondary N) is 1. The van der Waals surface area contributed by atoms with Gasteiger partial charge in [-0.3, -0.25) is 10.5 Å². The molecule has 3 N–H and O–H groups in total. The Morgan fingerprint density at radius 2 is 2.25 bits per heavy atom. The van der Waals surface area contributed by atoms with Crippen LogP contribution >= 0.6 is 15.9 Å². The second-order valence-electron chi connectivity index (χ2n) is 3.50. The van der Waals surface area contributed by atoms with Crippen LogP contribution in [0.1, 0.15) is 17.6 Å². The zero-order valence-electron chi connectivity index (χ0n) is 9.05. The van der Waals surface area contributed by atoms with Gasteiger partial charge in [0.15, 0.2) is 0 Å². The lowest BCUT2D eigenvalue weighted by Crippen LogP contribution is -2.32. The quantitative estimate of drug-likeness (QED) is 0.635. The van der Waals surface area contributed by atoms with Crippen molar-refractivity contribution >= 4 is 15.9 Å². The van der Waals surface area contributed by atoms with Crippen LogP contribution in [-0.2, 0) is 14.1 Å². The standard InChI is InChI=1S/C9H13BrN6/c1-15-4-3-12-9(15)7(14-11)8-6(10)5-13-16(8)2/h3-5,7,14H,11H2,1-2H3. The number of nitrogens with zero attached hydrogens (tertiary/aromatic N) is 4. The Morgan fingerprint density at radius 1 is 1.50 bits per heavy atom. The number of hydrogen-bond donors (Lipinski definition) is 2. The van der Waals surface area contributed by atoms with Gasteiger partial charge in [-0.1, -0.05) is 0 Å². The molecule has 0 amide bonds. The van der Waals surface area contributed by atoms with E-state index in [9.17, 15) is 0 Å². The fourth-order valence-electron chi connectivity index (χ4n) is 1.68. The summed E-state index contributed by atoms with van der Waals surface area (Å²) < 4.78 is 4.59. The molecule has 86 valence electrons. The second kappa shape index (κ2) is 4.36. The first-order valence-corrected chi connectivity index (χ1v) is 5.55. The summed E-state index contributed by atoms with van der Waals surface area (Å²) in [5.74, 6) is 6.44. The molecule has 16 heavy (non-hydrogen) atoms. The zero-order chi connectivity index (χ0) is 11.7. The Labute approximate surface area is 102 Å². The van der Waals surface area contributed by atoms with Crippen LogP contribution in [0.5, 0.6) is 0 Å². The van der Waals surface area contributed by atoms with Crippen LogP contribution in [0.15, 0.2) is 23.1 Å². The van der Waals surface area contributed by atoms with Crippen LogP contribution in [0.4, 0.5) is 0 Å². The van der Waals surface area contributed by atoms with E-state index in [1.54, 1.807) is 17.1 Å². The highest BCUT2D eigenvalue weighted by atomic mass is 79.9. The third kappa shape index (κ3) is 1.77. The van der Waals surface area contributed by atoms with Gasteiger partial charge in [0, 0.05) is 26.5 Å². The van der Waals surface area contributed by atoms with Crippen LogP contribution in [0.3, 0.4) is 0 Å². The number of rotatable bonds is 3. The molecule has 0 aliphatic rings. The van der Waals surface area contributed by atoms with Crippen molar-refractivity contribution in [2.24, 2.45) is 19.9 Å². The van der Waals surface area contributed by atoms with Crippen molar-refractivity contribution in [1.82, 2.24) is 24.8 Å². The molecule has 2 aromatic heterocycles. The second-order valence-corrected chi connectivity index (χ2v) is 4.35. The molecule has 0 aliphatic carbocycles.